The summed E-state index contributed by atoms with van der Waals surface area (Å²) in [6.07, 6.45) is 0.0518. The monoisotopic (exact) mass is 503 g/mol. The number of nitrogens with zero attached hydrogens (tertiary/aromatic N) is 4. The number of halogens is 1. The number of carbonyl (C=O) groups is 1. The normalized spacial score (nSPS) is 11.2. The summed E-state index contributed by atoms with van der Waals surface area (Å²) < 4.78 is 3.28. The van der Waals surface area contributed by atoms with Crippen LogP contribution in [0.1, 0.15) is 22.6 Å². The van der Waals surface area contributed by atoms with Gasteiger partial charge < -0.3 is 5.32 Å². The number of anilines is 1. The Morgan fingerprint density at radius 2 is 1.77 bits per heavy atom. The maximum atomic E-state index is 13.6. The van der Waals surface area contributed by atoms with Crippen molar-refractivity contribution in [2.45, 2.75) is 27.2 Å². The largest absolute Gasteiger partial charge is 0.326 e. The van der Waals surface area contributed by atoms with E-state index < -0.39 is 0 Å². The smallest absolute Gasteiger partial charge is 0.268 e. The van der Waals surface area contributed by atoms with Crippen LogP contribution in [0.15, 0.2) is 64.8 Å². The summed E-state index contributed by atoms with van der Waals surface area (Å²) in [7, 11) is 0. The van der Waals surface area contributed by atoms with E-state index in [1.165, 1.54) is 15.7 Å². The van der Waals surface area contributed by atoms with E-state index in [-0.39, 0.29) is 17.9 Å². The summed E-state index contributed by atoms with van der Waals surface area (Å²) in [5.74, 6) is -0.203. The molecule has 35 heavy (non-hydrogen) atoms. The van der Waals surface area contributed by atoms with Gasteiger partial charge in [-0.2, -0.15) is 5.10 Å². The van der Waals surface area contributed by atoms with E-state index in [1.807, 2.05) is 56.3 Å². The number of carbonyl (C=O) groups excluding carboxylic acids is 1. The lowest BCUT2D eigenvalue weighted by atomic mass is 10.1. The molecule has 0 aliphatic heterocycles. The predicted molar refractivity (Wildman–Crippen MR) is 140 cm³/mol. The van der Waals surface area contributed by atoms with Crippen molar-refractivity contribution in [3.63, 3.8) is 0 Å². The average molecular weight is 504 g/mol. The molecule has 1 N–H and O–H groups in total. The van der Waals surface area contributed by atoms with E-state index >= 15 is 0 Å². The molecule has 9 heteroatoms. The lowest BCUT2D eigenvalue weighted by Gasteiger charge is -2.07. The first-order valence-electron chi connectivity index (χ1n) is 11.0. The molecule has 0 fully saturated rings. The first-order chi connectivity index (χ1) is 16.8. The third kappa shape index (κ3) is 4.50. The van der Waals surface area contributed by atoms with E-state index in [9.17, 15) is 9.59 Å². The topological polar surface area (TPSA) is 81.3 Å². The van der Waals surface area contributed by atoms with Crippen molar-refractivity contribution in [2.24, 2.45) is 0 Å². The molecule has 7 nitrogen and oxygen atoms in total. The maximum Gasteiger partial charge on any atom is 0.268 e. The molecule has 0 aliphatic rings. The fourth-order valence-corrected chi connectivity index (χ4v) is 5.02. The number of nitrogens with one attached hydrogen (secondary N) is 1. The van der Waals surface area contributed by atoms with Crippen LogP contribution in [-0.4, -0.2) is 25.1 Å². The van der Waals surface area contributed by atoms with Gasteiger partial charge in [-0.25, -0.2) is 9.67 Å². The molecule has 176 valence electrons. The first kappa shape index (κ1) is 23.0. The van der Waals surface area contributed by atoms with Crippen molar-refractivity contribution in [3.8, 4) is 16.9 Å². The number of amides is 1. The fourth-order valence-electron chi connectivity index (χ4n) is 3.97. The highest BCUT2D eigenvalue weighted by molar-refractivity contribution is 7.15. The zero-order chi connectivity index (χ0) is 24.7. The van der Waals surface area contributed by atoms with Gasteiger partial charge >= 0.3 is 0 Å². The highest BCUT2D eigenvalue weighted by Crippen LogP contribution is 2.24. The fraction of sp³-hybridized carbons (Fsp3) is 0.154. The molecule has 0 saturated carbocycles. The summed E-state index contributed by atoms with van der Waals surface area (Å²) in [6, 6.07) is 16.8. The molecule has 2 aromatic carbocycles. The molecule has 0 saturated heterocycles. The van der Waals surface area contributed by atoms with Crippen LogP contribution in [0.2, 0.25) is 5.02 Å². The third-order valence-corrected chi connectivity index (χ3v) is 6.84. The molecule has 0 spiro atoms. The van der Waals surface area contributed by atoms with E-state index in [2.05, 4.69) is 10.3 Å². The van der Waals surface area contributed by atoms with Gasteiger partial charge in [-0.05, 0) is 63.2 Å². The van der Waals surface area contributed by atoms with E-state index in [0.717, 1.165) is 16.9 Å². The second kappa shape index (κ2) is 9.13. The lowest BCUT2D eigenvalue weighted by Crippen LogP contribution is -2.22. The number of hydrogen-bond acceptors (Lipinski definition) is 5. The Bertz CT molecular complexity index is 1620. The third-order valence-electron chi connectivity index (χ3n) is 5.71. The van der Waals surface area contributed by atoms with Gasteiger partial charge in [-0.3, -0.25) is 14.0 Å². The minimum absolute atomic E-state index is 0.0518. The number of rotatable bonds is 5. The Morgan fingerprint density at radius 1 is 1.06 bits per heavy atom. The SMILES string of the molecule is Cc1ccc(NC(=O)Cc2csc3nc(C)c(-c4cc(C)n(-c5ccc(Cl)cc5)n4)c(=O)n23)cc1. The number of aryl methyl sites for hydroxylation is 3. The molecule has 0 atom stereocenters. The molecule has 0 unspecified atom stereocenters. The van der Waals surface area contributed by atoms with Crippen LogP contribution in [0.3, 0.4) is 0 Å². The first-order valence-corrected chi connectivity index (χ1v) is 12.2. The minimum atomic E-state index is -0.243. The van der Waals surface area contributed by atoms with Crippen LogP contribution in [0, 0.1) is 20.8 Å². The zero-order valence-corrected chi connectivity index (χ0v) is 20.9. The quantitative estimate of drug-likeness (QED) is 0.349. The van der Waals surface area contributed by atoms with Gasteiger partial charge in [0, 0.05) is 27.5 Å². The standard InChI is InChI=1S/C26H22ClN5O2S/c1-15-4-8-19(9-5-15)29-23(33)13-21-14-35-26-28-17(3)24(25(34)31(21)26)22-12-16(2)32(30-22)20-10-6-18(27)7-11-20/h4-12,14H,13H2,1-3H3,(H,29,33). The van der Waals surface area contributed by atoms with Crippen LogP contribution in [0.4, 0.5) is 5.69 Å². The molecule has 0 bridgehead atoms. The second-order valence-electron chi connectivity index (χ2n) is 8.37. The van der Waals surface area contributed by atoms with Crippen molar-refractivity contribution in [1.82, 2.24) is 19.2 Å². The number of benzene rings is 2. The molecule has 0 radical (unpaired) electrons. The van der Waals surface area contributed by atoms with Crippen molar-refractivity contribution in [2.75, 3.05) is 5.32 Å². The number of aromatic nitrogens is 4. The minimum Gasteiger partial charge on any atom is -0.326 e. The highest BCUT2D eigenvalue weighted by atomic mass is 35.5. The molecule has 3 heterocycles. The van der Waals surface area contributed by atoms with Gasteiger partial charge in [-0.1, -0.05) is 29.3 Å². The summed E-state index contributed by atoms with van der Waals surface area (Å²) >= 11 is 7.36. The average Bonchev–Trinajstić information content (AvgIpc) is 3.39. The van der Waals surface area contributed by atoms with Crippen molar-refractivity contribution in [3.05, 3.63) is 98.0 Å². The van der Waals surface area contributed by atoms with E-state index in [0.29, 0.717) is 38.3 Å². The second-order valence-corrected chi connectivity index (χ2v) is 9.65. The van der Waals surface area contributed by atoms with Gasteiger partial charge in [-0.15, -0.1) is 11.3 Å². The maximum absolute atomic E-state index is 13.6. The van der Waals surface area contributed by atoms with Gasteiger partial charge in [0.15, 0.2) is 4.96 Å². The van der Waals surface area contributed by atoms with Gasteiger partial charge in [0.1, 0.15) is 5.69 Å². The molecule has 5 aromatic rings. The van der Waals surface area contributed by atoms with Crippen molar-refractivity contribution < 1.29 is 4.79 Å². The van der Waals surface area contributed by atoms with Crippen LogP contribution in [-0.2, 0) is 11.2 Å². The summed E-state index contributed by atoms with van der Waals surface area (Å²) in [4.78, 5) is 31.5. The van der Waals surface area contributed by atoms with E-state index in [1.54, 1.807) is 29.1 Å². The Balaban J connectivity index is 1.51. The van der Waals surface area contributed by atoms with Crippen LogP contribution in [0.25, 0.3) is 21.9 Å². The van der Waals surface area contributed by atoms with Crippen molar-refractivity contribution in [1.29, 1.82) is 0 Å². The lowest BCUT2D eigenvalue weighted by molar-refractivity contribution is -0.115. The Morgan fingerprint density at radius 3 is 2.49 bits per heavy atom. The molecule has 0 aliphatic carbocycles. The number of hydrogen-bond donors (Lipinski definition) is 1. The summed E-state index contributed by atoms with van der Waals surface area (Å²) in [5, 5.41) is 10.0. The van der Waals surface area contributed by atoms with E-state index in [4.69, 9.17) is 16.7 Å². The summed E-state index contributed by atoms with van der Waals surface area (Å²) in [5.41, 5.74) is 5.41. The molecular formula is C26H22ClN5O2S. The molecule has 1 amide bonds. The van der Waals surface area contributed by atoms with Crippen molar-refractivity contribution >= 4 is 39.5 Å². The van der Waals surface area contributed by atoms with Crippen LogP contribution >= 0.6 is 22.9 Å². The number of fused-ring (bicyclic) bond motifs is 1. The molecule has 3 aromatic heterocycles. The number of thiazole rings is 1. The highest BCUT2D eigenvalue weighted by Gasteiger charge is 2.20. The molecule has 5 rings (SSSR count). The Hall–Kier alpha value is -3.75. The van der Waals surface area contributed by atoms with Gasteiger partial charge in [0.2, 0.25) is 5.91 Å². The Kier molecular flexibility index (Phi) is 6.00. The van der Waals surface area contributed by atoms with Crippen LogP contribution in [0.5, 0.6) is 0 Å². The van der Waals surface area contributed by atoms with Crippen LogP contribution < -0.4 is 10.9 Å². The predicted octanol–water partition coefficient (Wildman–Crippen LogP) is 5.37. The molecular weight excluding hydrogens is 482 g/mol. The summed E-state index contributed by atoms with van der Waals surface area (Å²) in [6.45, 7) is 5.72. The van der Waals surface area contributed by atoms with Gasteiger partial charge in [0.05, 0.1) is 23.4 Å². The zero-order valence-electron chi connectivity index (χ0n) is 19.4. The van der Waals surface area contributed by atoms with Gasteiger partial charge in [0.25, 0.3) is 5.56 Å². The Labute approximate surface area is 210 Å².